The lowest BCUT2D eigenvalue weighted by Gasteiger charge is -2.44. The van der Waals surface area contributed by atoms with E-state index in [-0.39, 0.29) is 31.0 Å². The van der Waals surface area contributed by atoms with Crippen molar-refractivity contribution in [3.63, 3.8) is 0 Å². The van der Waals surface area contributed by atoms with Crippen molar-refractivity contribution < 1.29 is 18.4 Å². The van der Waals surface area contributed by atoms with Crippen LogP contribution in [-0.2, 0) is 10.2 Å². The molecule has 1 amide bonds. The molecule has 2 aromatic carbocycles. The summed E-state index contributed by atoms with van der Waals surface area (Å²) in [6.45, 7) is 5.43. The standard InChI is InChI=1S/C23H23F2NO2/c1-21(2)17-11-15(19(27)12-22(3)13-23(24,25)14-22)9-10-18(17)26(20(21)28)16-7-5-4-6-8-16/h4-11H,12-14H2,1-3H3. The van der Waals surface area contributed by atoms with Gasteiger partial charge in [-0.1, -0.05) is 25.1 Å². The Morgan fingerprint density at radius 1 is 1.04 bits per heavy atom. The van der Waals surface area contributed by atoms with E-state index < -0.39 is 16.8 Å². The zero-order valence-corrected chi connectivity index (χ0v) is 16.3. The predicted octanol–water partition coefficient (Wildman–Crippen LogP) is 5.65. The highest BCUT2D eigenvalue weighted by atomic mass is 19.3. The third kappa shape index (κ3) is 2.93. The van der Waals surface area contributed by atoms with Gasteiger partial charge in [-0.05, 0) is 55.2 Å². The van der Waals surface area contributed by atoms with Crippen LogP contribution in [0.2, 0.25) is 0 Å². The third-order valence-electron chi connectivity index (χ3n) is 5.94. The first-order valence-electron chi connectivity index (χ1n) is 9.48. The van der Waals surface area contributed by atoms with Crippen molar-refractivity contribution in [3.8, 4) is 0 Å². The number of benzene rings is 2. The van der Waals surface area contributed by atoms with Crippen LogP contribution < -0.4 is 4.90 Å². The molecule has 2 aliphatic rings. The van der Waals surface area contributed by atoms with Gasteiger partial charge in [0.15, 0.2) is 5.78 Å². The van der Waals surface area contributed by atoms with E-state index in [9.17, 15) is 18.4 Å². The van der Waals surface area contributed by atoms with E-state index in [1.165, 1.54) is 0 Å². The maximum atomic E-state index is 13.3. The minimum Gasteiger partial charge on any atom is -0.294 e. The van der Waals surface area contributed by atoms with Crippen molar-refractivity contribution in [1.82, 2.24) is 0 Å². The van der Waals surface area contributed by atoms with Crippen LogP contribution in [0, 0.1) is 5.41 Å². The van der Waals surface area contributed by atoms with E-state index in [0.717, 1.165) is 16.9 Å². The number of anilines is 2. The number of para-hydroxylation sites is 1. The minimum absolute atomic E-state index is 0.0519. The van der Waals surface area contributed by atoms with Crippen molar-refractivity contribution in [2.75, 3.05) is 4.90 Å². The van der Waals surface area contributed by atoms with Crippen molar-refractivity contribution >= 4 is 23.1 Å². The molecule has 1 heterocycles. The molecule has 146 valence electrons. The molecule has 3 nitrogen and oxygen atoms in total. The summed E-state index contributed by atoms with van der Waals surface area (Å²) in [5.74, 6) is -2.86. The molecule has 1 saturated carbocycles. The minimum atomic E-state index is -2.66. The number of ketones is 1. The van der Waals surface area contributed by atoms with Crippen LogP contribution in [0.25, 0.3) is 0 Å². The number of Topliss-reactive ketones (excluding diaryl/α,β-unsaturated/α-hetero) is 1. The number of amides is 1. The Morgan fingerprint density at radius 2 is 1.68 bits per heavy atom. The number of hydrogen-bond acceptors (Lipinski definition) is 2. The lowest BCUT2D eigenvalue weighted by molar-refractivity contribution is -0.152. The summed E-state index contributed by atoms with van der Waals surface area (Å²) in [4.78, 5) is 27.5. The van der Waals surface area contributed by atoms with Crippen LogP contribution in [0.4, 0.5) is 20.2 Å². The summed E-state index contributed by atoms with van der Waals surface area (Å²) in [5.41, 5.74) is 1.39. The number of alkyl halides is 2. The molecule has 0 N–H and O–H groups in total. The van der Waals surface area contributed by atoms with Crippen LogP contribution in [-0.4, -0.2) is 17.6 Å². The van der Waals surface area contributed by atoms with Crippen LogP contribution >= 0.6 is 0 Å². The lowest BCUT2D eigenvalue weighted by Crippen LogP contribution is -2.45. The van der Waals surface area contributed by atoms with Gasteiger partial charge < -0.3 is 0 Å². The predicted molar refractivity (Wildman–Crippen MR) is 104 cm³/mol. The smallest absolute Gasteiger partial charge is 0.249 e. The molecule has 0 spiro atoms. The number of carbonyl (C=O) groups is 2. The largest absolute Gasteiger partial charge is 0.294 e. The molecule has 0 saturated heterocycles. The topological polar surface area (TPSA) is 37.4 Å². The number of nitrogens with zero attached hydrogens (tertiary/aromatic N) is 1. The van der Waals surface area contributed by atoms with Crippen molar-refractivity contribution in [2.24, 2.45) is 5.41 Å². The molecule has 0 radical (unpaired) electrons. The average Bonchev–Trinajstić information content (AvgIpc) is 2.80. The molecule has 2 aromatic rings. The maximum absolute atomic E-state index is 13.3. The normalized spacial score (nSPS) is 21.2. The van der Waals surface area contributed by atoms with E-state index in [0.29, 0.717) is 5.56 Å². The second-order valence-corrected chi connectivity index (χ2v) is 8.95. The van der Waals surface area contributed by atoms with Crippen molar-refractivity contribution in [3.05, 3.63) is 59.7 Å². The Hall–Kier alpha value is -2.56. The molecule has 1 fully saturated rings. The van der Waals surface area contributed by atoms with E-state index in [1.54, 1.807) is 30.0 Å². The van der Waals surface area contributed by atoms with Gasteiger partial charge in [-0.3, -0.25) is 14.5 Å². The quantitative estimate of drug-likeness (QED) is 0.640. The molecular formula is C23H23F2NO2. The van der Waals surface area contributed by atoms with Gasteiger partial charge in [0.2, 0.25) is 11.8 Å². The highest BCUT2D eigenvalue weighted by Gasteiger charge is 2.54. The van der Waals surface area contributed by atoms with Gasteiger partial charge in [0.05, 0.1) is 11.1 Å². The molecule has 5 heteroatoms. The lowest BCUT2D eigenvalue weighted by atomic mass is 9.64. The SMILES string of the molecule is CC1(CC(=O)c2ccc3c(c2)C(C)(C)C(=O)N3c2ccccc2)CC(F)(F)C1. The molecule has 0 bridgehead atoms. The Kier molecular flexibility index (Phi) is 4.00. The van der Waals surface area contributed by atoms with Crippen molar-refractivity contribution in [1.29, 1.82) is 0 Å². The summed E-state index contributed by atoms with van der Waals surface area (Å²) in [6.07, 6.45) is -0.400. The first kappa shape index (κ1) is 18.8. The van der Waals surface area contributed by atoms with Gasteiger partial charge in [-0.25, -0.2) is 8.78 Å². The number of fused-ring (bicyclic) bond motifs is 1. The molecule has 28 heavy (non-hydrogen) atoms. The third-order valence-corrected chi connectivity index (χ3v) is 5.94. The first-order chi connectivity index (χ1) is 13.0. The zero-order valence-electron chi connectivity index (χ0n) is 16.3. The van der Waals surface area contributed by atoms with Crippen LogP contribution in [0.15, 0.2) is 48.5 Å². The fraction of sp³-hybridized carbons (Fsp3) is 0.391. The van der Waals surface area contributed by atoms with Gasteiger partial charge in [0.1, 0.15) is 0 Å². The fourth-order valence-electron chi connectivity index (χ4n) is 4.55. The maximum Gasteiger partial charge on any atom is 0.249 e. The first-order valence-corrected chi connectivity index (χ1v) is 9.48. The molecular weight excluding hydrogens is 360 g/mol. The van der Waals surface area contributed by atoms with E-state index in [4.69, 9.17) is 0 Å². The van der Waals surface area contributed by atoms with Crippen LogP contribution in [0.3, 0.4) is 0 Å². The Bertz CT molecular complexity index is 958. The van der Waals surface area contributed by atoms with Gasteiger partial charge >= 0.3 is 0 Å². The number of halogens is 2. The summed E-state index contributed by atoms with van der Waals surface area (Å²) >= 11 is 0. The highest BCUT2D eigenvalue weighted by Crippen LogP contribution is 2.54. The molecule has 0 aromatic heterocycles. The summed E-state index contributed by atoms with van der Waals surface area (Å²) in [6, 6.07) is 14.6. The van der Waals surface area contributed by atoms with Gasteiger partial charge in [-0.15, -0.1) is 0 Å². The molecule has 0 unspecified atom stereocenters. The van der Waals surface area contributed by atoms with E-state index in [1.807, 2.05) is 44.2 Å². The fourth-order valence-corrected chi connectivity index (χ4v) is 4.55. The van der Waals surface area contributed by atoms with Gasteiger partial charge in [0, 0.05) is 30.5 Å². The second-order valence-electron chi connectivity index (χ2n) is 8.95. The van der Waals surface area contributed by atoms with Crippen LogP contribution in [0.1, 0.15) is 56.0 Å². The number of rotatable bonds is 4. The van der Waals surface area contributed by atoms with E-state index in [2.05, 4.69) is 0 Å². The highest BCUT2D eigenvalue weighted by molar-refractivity contribution is 6.13. The average molecular weight is 383 g/mol. The molecule has 4 rings (SSSR count). The van der Waals surface area contributed by atoms with Crippen LogP contribution in [0.5, 0.6) is 0 Å². The second kappa shape index (κ2) is 5.97. The molecule has 0 atom stereocenters. The van der Waals surface area contributed by atoms with Gasteiger partial charge in [-0.2, -0.15) is 0 Å². The zero-order chi connectivity index (χ0) is 20.3. The van der Waals surface area contributed by atoms with E-state index >= 15 is 0 Å². The monoisotopic (exact) mass is 383 g/mol. The Morgan fingerprint density at radius 3 is 2.29 bits per heavy atom. The summed E-state index contributed by atoms with van der Waals surface area (Å²) in [7, 11) is 0. The molecule has 1 aliphatic heterocycles. The van der Waals surface area contributed by atoms with Crippen molar-refractivity contribution in [2.45, 2.75) is 51.4 Å². The molecule has 1 aliphatic carbocycles. The number of hydrogen-bond donors (Lipinski definition) is 0. The Balaban J connectivity index is 1.66. The Labute approximate surface area is 163 Å². The van der Waals surface area contributed by atoms with Gasteiger partial charge in [0.25, 0.3) is 0 Å². The number of carbonyl (C=O) groups excluding carboxylic acids is 2. The summed E-state index contributed by atoms with van der Waals surface area (Å²) < 4.78 is 26.5. The summed E-state index contributed by atoms with van der Waals surface area (Å²) in [5, 5.41) is 0.